The highest BCUT2D eigenvalue weighted by Gasteiger charge is 2.05. The van der Waals surface area contributed by atoms with E-state index in [-0.39, 0.29) is 4.90 Å². The molecule has 0 aliphatic carbocycles. The molecule has 0 amide bonds. The Kier molecular flexibility index (Phi) is 5.01. The van der Waals surface area contributed by atoms with E-state index in [9.17, 15) is 8.42 Å². The van der Waals surface area contributed by atoms with E-state index < -0.39 is 9.84 Å². The first-order chi connectivity index (χ1) is 8.04. The van der Waals surface area contributed by atoms with Crippen LogP contribution in [0.5, 0.6) is 5.75 Å². The zero-order valence-corrected chi connectivity index (χ0v) is 10.5. The van der Waals surface area contributed by atoms with Gasteiger partial charge in [0.2, 0.25) is 0 Å². The van der Waals surface area contributed by atoms with Crippen molar-refractivity contribution in [3.63, 3.8) is 0 Å². The van der Waals surface area contributed by atoms with Gasteiger partial charge in [0.15, 0.2) is 9.84 Å². The van der Waals surface area contributed by atoms with Crippen molar-refractivity contribution >= 4 is 9.84 Å². The van der Waals surface area contributed by atoms with Gasteiger partial charge in [-0.2, -0.15) is 0 Å². The third-order valence-corrected chi connectivity index (χ3v) is 3.15. The van der Waals surface area contributed by atoms with E-state index in [2.05, 4.69) is 11.2 Å². The number of rotatable bonds is 6. The second-order valence-corrected chi connectivity index (χ2v) is 5.49. The molecule has 0 aliphatic heterocycles. The lowest BCUT2D eigenvalue weighted by atomic mass is 10.3. The molecule has 1 aromatic carbocycles. The van der Waals surface area contributed by atoms with Crippen LogP contribution in [0.2, 0.25) is 0 Å². The quantitative estimate of drug-likeness (QED) is 0.599. The average molecular weight is 253 g/mol. The minimum atomic E-state index is -3.14. The van der Waals surface area contributed by atoms with Gasteiger partial charge < -0.3 is 10.1 Å². The van der Waals surface area contributed by atoms with Gasteiger partial charge in [0, 0.05) is 12.8 Å². The Morgan fingerprint density at radius 2 is 2.00 bits per heavy atom. The second kappa shape index (κ2) is 6.28. The van der Waals surface area contributed by atoms with Crippen LogP contribution in [-0.2, 0) is 9.84 Å². The van der Waals surface area contributed by atoms with Crippen molar-refractivity contribution in [2.75, 3.05) is 26.0 Å². The molecule has 0 fully saturated rings. The van der Waals surface area contributed by atoms with E-state index in [0.29, 0.717) is 25.4 Å². The van der Waals surface area contributed by atoms with E-state index in [4.69, 9.17) is 11.2 Å². The summed E-state index contributed by atoms with van der Waals surface area (Å²) in [4.78, 5) is 0.287. The average Bonchev–Trinajstić information content (AvgIpc) is 2.28. The molecule has 92 valence electrons. The number of sulfone groups is 1. The van der Waals surface area contributed by atoms with Crippen molar-refractivity contribution in [2.45, 2.75) is 4.90 Å². The van der Waals surface area contributed by atoms with Crippen molar-refractivity contribution in [1.82, 2.24) is 5.32 Å². The fraction of sp³-hybridized carbons (Fsp3) is 0.333. The molecule has 0 aliphatic rings. The van der Waals surface area contributed by atoms with Gasteiger partial charge in [-0.05, 0) is 24.3 Å². The van der Waals surface area contributed by atoms with Crippen LogP contribution in [-0.4, -0.2) is 34.4 Å². The van der Waals surface area contributed by atoms with E-state index in [1.165, 1.54) is 18.4 Å². The highest BCUT2D eigenvalue weighted by Crippen LogP contribution is 2.15. The normalized spacial score (nSPS) is 10.8. The molecule has 0 spiro atoms. The summed E-state index contributed by atoms with van der Waals surface area (Å²) in [6.07, 6.45) is 6.24. The fourth-order valence-corrected chi connectivity index (χ4v) is 1.82. The number of terminal acetylenes is 1. The summed E-state index contributed by atoms with van der Waals surface area (Å²) >= 11 is 0. The number of hydrogen-bond donors (Lipinski definition) is 1. The molecule has 0 bridgehead atoms. The summed E-state index contributed by atoms with van der Waals surface area (Å²) in [5, 5.41) is 2.98. The molecular formula is C12H15NO3S. The van der Waals surface area contributed by atoms with Crippen LogP contribution in [0.4, 0.5) is 0 Å². The SMILES string of the molecule is C#CCNCCOc1ccc(S(C)(=O)=O)cc1. The maximum atomic E-state index is 11.2. The monoisotopic (exact) mass is 253 g/mol. The maximum absolute atomic E-state index is 11.2. The van der Waals surface area contributed by atoms with Gasteiger partial charge in [0.05, 0.1) is 11.4 Å². The zero-order valence-electron chi connectivity index (χ0n) is 9.64. The maximum Gasteiger partial charge on any atom is 0.175 e. The Balaban J connectivity index is 2.44. The Labute approximate surface area is 102 Å². The summed E-state index contributed by atoms with van der Waals surface area (Å²) < 4.78 is 27.8. The predicted octanol–water partition coefficient (Wildman–Crippen LogP) is 0.692. The topological polar surface area (TPSA) is 55.4 Å². The van der Waals surface area contributed by atoms with Gasteiger partial charge in [-0.1, -0.05) is 5.92 Å². The Hall–Kier alpha value is -1.51. The predicted molar refractivity (Wildman–Crippen MR) is 66.7 cm³/mol. The summed E-state index contributed by atoms with van der Waals surface area (Å²) in [6.45, 7) is 1.65. The number of ether oxygens (including phenoxy) is 1. The largest absolute Gasteiger partial charge is 0.492 e. The van der Waals surface area contributed by atoms with Crippen molar-refractivity contribution in [3.8, 4) is 18.1 Å². The minimum Gasteiger partial charge on any atom is -0.492 e. The first-order valence-corrected chi connectivity index (χ1v) is 7.00. The van der Waals surface area contributed by atoms with Crippen LogP contribution in [0.25, 0.3) is 0 Å². The summed E-state index contributed by atoms with van der Waals surface area (Å²) in [5.74, 6) is 3.10. The third kappa shape index (κ3) is 4.89. The van der Waals surface area contributed by atoms with Gasteiger partial charge in [-0.15, -0.1) is 6.42 Å². The number of nitrogens with one attached hydrogen (secondary N) is 1. The molecule has 1 N–H and O–H groups in total. The first kappa shape index (κ1) is 13.6. The minimum absolute atomic E-state index is 0.287. The molecule has 0 atom stereocenters. The van der Waals surface area contributed by atoms with Crippen LogP contribution >= 0.6 is 0 Å². The van der Waals surface area contributed by atoms with Gasteiger partial charge >= 0.3 is 0 Å². The van der Waals surface area contributed by atoms with Crippen LogP contribution in [0.15, 0.2) is 29.2 Å². The van der Waals surface area contributed by atoms with E-state index in [1.807, 2.05) is 0 Å². The fourth-order valence-electron chi connectivity index (χ4n) is 1.18. The molecule has 0 radical (unpaired) electrons. The molecule has 1 aromatic rings. The van der Waals surface area contributed by atoms with Crippen LogP contribution in [0.3, 0.4) is 0 Å². The molecular weight excluding hydrogens is 238 g/mol. The van der Waals surface area contributed by atoms with Gasteiger partial charge in [-0.25, -0.2) is 8.42 Å². The van der Waals surface area contributed by atoms with Crippen LogP contribution in [0, 0.1) is 12.3 Å². The molecule has 0 unspecified atom stereocenters. The highest BCUT2D eigenvalue weighted by molar-refractivity contribution is 7.90. The standard InChI is InChI=1S/C12H15NO3S/c1-3-8-13-9-10-16-11-4-6-12(7-5-11)17(2,14)15/h1,4-7,13H,8-10H2,2H3. The Morgan fingerprint density at radius 3 is 2.53 bits per heavy atom. The van der Waals surface area contributed by atoms with Gasteiger partial charge in [0.25, 0.3) is 0 Å². The van der Waals surface area contributed by atoms with E-state index >= 15 is 0 Å². The van der Waals surface area contributed by atoms with Gasteiger partial charge in [-0.3, -0.25) is 0 Å². The first-order valence-electron chi connectivity index (χ1n) is 5.11. The lowest BCUT2D eigenvalue weighted by Gasteiger charge is -2.06. The molecule has 4 nitrogen and oxygen atoms in total. The molecule has 5 heteroatoms. The third-order valence-electron chi connectivity index (χ3n) is 2.03. The van der Waals surface area contributed by atoms with Gasteiger partial charge in [0.1, 0.15) is 12.4 Å². The van der Waals surface area contributed by atoms with E-state index in [0.717, 1.165) is 0 Å². The molecule has 1 rings (SSSR count). The number of benzene rings is 1. The smallest absolute Gasteiger partial charge is 0.175 e. The van der Waals surface area contributed by atoms with Crippen molar-refractivity contribution in [1.29, 1.82) is 0 Å². The lowest BCUT2D eigenvalue weighted by Crippen LogP contribution is -2.21. The highest BCUT2D eigenvalue weighted by atomic mass is 32.2. The molecule has 0 saturated carbocycles. The summed E-state index contributed by atoms with van der Waals surface area (Å²) in [5.41, 5.74) is 0. The van der Waals surface area contributed by atoms with Crippen LogP contribution in [0.1, 0.15) is 0 Å². The van der Waals surface area contributed by atoms with Crippen molar-refractivity contribution in [3.05, 3.63) is 24.3 Å². The van der Waals surface area contributed by atoms with Crippen molar-refractivity contribution in [2.24, 2.45) is 0 Å². The van der Waals surface area contributed by atoms with Crippen molar-refractivity contribution < 1.29 is 13.2 Å². The lowest BCUT2D eigenvalue weighted by molar-refractivity contribution is 0.316. The summed E-state index contributed by atoms with van der Waals surface area (Å²) in [6, 6.07) is 6.33. The zero-order chi connectivity index (χ0) is 12.7. The van der Waals surface area contributed by atoms with E-state index in [1.54, 1.807) is 12.1 Å². The Morgan fingerprint density at radius 1 is 1.35 bits per heavy atom. The Bertz CT molecular complexity index is 485. The summed E-state index contributed by atoms with van der Waals surface area (Å²) in [7, 11) is -3.14. The molecule has 17 heavy (non-hydrogen) atoms. The second-order valence-electron chi connectivity index (χ2n) is 3.47. The molecule has 0 saturated heterocycles. The van der Waals surface area contributed by atoms with Crippen LogP contribution < -0.4 is 10.1 Å². The molecule has 0 heterocycles. The number of hydrogen-bond acceptors (Lipinski definition) is 4. The molecule has 0 aromatic heterocycles.